The van der Waals surface area contributed by atoms with E-state index >= 15 is 0 Å². The zero-order chi connectivity index (χ0) is 28.4. The quantitative estimate of drug-likeness (QED) is 0.343. The van der Waals surface area contributed by atoms with Crippen molar-refractivity contribution in [2.45, 2.75) is 39.5 Å². The molecule has 0 unspecified atom stereocenters. The van der Waals surface area contributed by atoms with Crippen LogP contribution in [0.15, 0.2) is 78.9 Å². The molecule has 3 aromatic carbocycles. The lowest BCUT2D eigenvalue weighted by Crippen LogP contribution is -2.51. The summed E-state index contributed by atoms with van der Waals surface area (Å²) in [6.45, 7) is 3.43. The van der Waals surface area contributed by atoms with Crippen LogP contribution in [0.3, 0.4) is 0 Å². The first-order valence-corrected chi connectivity index (χ1v) is 14.5. The summed E-state index contributed by atoms with van der Waals surface area (Å²) in [7, 11) is -3.89. The van der Waals surface area contributed by atoms with Gasteiger partial charge in [0.1, 0.15) is 30.8 Å². The van der Waals surface area contributed by atoms with E-state index in [9.17, 15) is 22.4 Å². The highest BCUT2D eigenvalue weighted by atomic mass is 32.2. The van der Waals surface area contributed by atoms with Crippen LogP contribution in [0.25, 0.3) is 0 Å². The predicted octanol–water partition coefficient (Wildman–Crippen LogP) is 4.11. The van der Waals surface area contributed by atoms with Gasteiger partial charge in [0.2, 0.25) is 21.8 Å². The first kappa shape index (κ1) is 29.6. The van der Waals surface area contributed by atoms with Crippen molar-refractivity contribution in [1.82, 2.24) is 10.2 Å². The van der Waals surface area contributed by atoms with Gasteiger partial charge in [-0.2, -0.15) is 0 Å². The Morgan fingerprint density at radius 3 is 2.23 bits per heavy atom. The van der Waals surface area contributed by atoms with E-state index in [-0.39, 0.29) is 17.8 Å². The van der Waals surface area contributed by atoms with Crippen LogP contribution in [0, 0.1) is 5.82 Å². The number of amides is 2. The van der Waals surface area contributed by atoms with Gasteiger partial charge in [-0.15, -0.1) is 0 Å². The van der Waals surface area contributed by atoms with E-state index < -0.39 is 40.2 Å². The molecule has 39 heavy (non-hydrogen) atoms. The highest BCUT2D eigenvalue weighted by molar-refractivity contribution is 7.92. The van der Waals surface area contributed by atoms with Gasteiger partial charge in [-0.25, -0.2) is 12.8 Å². The minimum atomic E-state index is -3.89. The second kappa shape index (κ2) is 13.7. The third kappa shape index (κ3) is 8.54. The average Bonchev–Trinajstić information content (AvgIpc) is 2.93. The SMILES string of the molecule is CCCNC(=O)[C@H](C)N(Cc1ccccc1F)C(=O)CN(c1ccc(OCc2ccccc2)cc1)S(C)(=O)=O. The summed E-state index contributed by atoms with van der Waals surface area (Å²) in [5.74, 6) is -1.05. The molecule has 0 spiro atoms. The van der Waals surface area contributed by atoms with Crippen molar-refractivity contribution < 1.29 is 27.1 Å². The van der Waals surface area contributed by atoms with E-state index in [4.69, 9.17) is 4.74 Å². The molecule has 3 aromatic rings. The van der Waals surface area contributed by atoms with Gasteiger partial charge in [0.25, 0.3) is 0 Å². The predicted molar refractivity (Wildman–Crippen MR) is 149 cm³/mol. The van der Waals surface area contributed by atoms with E-state index in [2.05, 4.69) is 5.32 Å². The Hall–Kier alpha value is -3.92. The topological polar surface area (TPSA) is 96.0 Å². The highest BCUT2D eigenvalue weighted by Gasteiger charge is 2.30. The molecule has 0 saturated heterocycles. The Labute approximate surface area is 229 Å². The maximum Gasteiger partial charge on any atom is 0.244 e. The van der Waals surface area contributed by atoms with Crippen LogP contribution in [-0.4, -0.2) is 50.5 Å². The van der Waals surface area contributed by atoms with Crippen molar-refractivity contribution in [3.05, 3.63) is 95.8 Å². The number of carbonyl (C=O) groups excluding carboxylic acids is 2. The number of sulfonamides is 1. The lowest BCUT2D eigenvalue weighted by Gasteiger charge is -2.31. The third-order valence-corrected chi connectivity index (χ3v) is 7.21. The van der Waals surface area contributed by atoms with E-state index in [0.717, 1.165) is 16.1 Å². The van der Waals surface area contributed by atoms with E-state index in [1.54, 1.807) is 30.3 Å². The van der Waals surface area contributed by atoms with Crippen molar-refractivity contribution in [2.24, 2.45) is 0 Å². The lowest BCUT2D eigenvalue weighted by molar-refractivity contribution is -0.139. The summed E-state index contributed by atoms with van der Waals surface area (Å²) < 4.78 is 46.6. The molecule has 2 amide bonds. The summed E-state index contributed by atoms with van der Waals surface area (Å²) in [6.07, 6.45) is 1.70. The summed E-state index contributed by atoms with van der Waals surface area (Å²) in [6, 6.07) is 20.9. The van der Waals surface area contributed by atoms with Crippen molar-refractivity contribution in [3.63, 3.8) is 0 Å². The number of hydrogen-bond acceptors (Lipinski definition) is 5. The van der Waals surface area contributed by atoms with Crippen molar-refractivity contribution in [1.29, 1.82) is 0 Å². The van der Waals surface area contributed by atoms with E-state index in [1.165, 1.54) is 30.0 Å². The largest absolute Gasteiger partial charge is 0.489 e. The Bertz CT molecular complexity index is 1350. The van der Waals surface area contributed by atoms with Crippen LogP contribution in [0.2, 0.25) is 0 Å². The molecule has 1 atom stereocenters. The molecule has 208 valence electrons. The number of anilines is 1. The molecule has 10 heteroatoms. The molecule has 0 aliphatic heterocycles. The molecule has 0 fully saturated rings. The fraction of sp³-hybridized carbons (Fsp3) is 0.310. The zero-order valence-corrected chi connectivity index (χ0v) is 23.2. The summed E-state index contributed by atoms with van der Waals surface area (Å²) >= 11 is 0. The number of benzene rings is 3. The van der Waals surface area contributed by atoms with Gasteiger partial charge in [0, 0.05) is 18.7 Å². The van der Waals surface area contributed by atoms with E-state index in [1.807, 2.05) is 37.3 Å². The Balaban J connectivity index is 1.82. The standard InChI is InChI=1S/C29H34FN3O5S/c1-4-18-31-29(35)22(2)32(19-24-12-8-9-13-27(24)30)28(34)20-33(39(3,36)37)25-14-16-26(17-15-25)38-21-23-10-6-5-7-11-23/h5-17,22H,4,18-21H2,1-3H3,(H,31,35)/t22-/m0/s1. The van der Waals surface area contributed by atoms with Crippen LogP contribution in [0.4, 0.5) is 10.1 Å². The molecule has 0 saturated carbocycles. The number of hydrogen-bond donors (Lipinski definition) is 1. The monoisotopic (exact) mass is 555 g/mol. The first-order valence-electron chi connectivity index (χ1n) is 12.6. The summed E-state index contributed by atoms with van der Waals surface area (Å²) in [5.41, 5.74) is 1.45. The minimum Gasteiger partial charge on any atom is -0.489 e. The fourth-order valence-electron chi connectivity index (χ4n) is 3.85. The van der Waals surface area contributed by atoms with Gasteiger partial charge in [0.05, 0.1) is 11.9 Å². The van der Waals surface area contributed by atoms with Crippen LogP contribution in [-0.2, 0) is 32.8 Å². The Morgan fingerprint density at radius 1 is 0.974 bits per heavy atom. The molecule has 1 N–H and O–H groups in total. The van der Waals surface area contributed by atoms with Gasteiger partial charge >= 0.3 is 0 Å². The van der Waals surface area contributed by atoms with Crippen molar-refractivity contribution in [2.75, 3.05) is 23.7 Å². The normalized spacial score (nSPS) is 11.9. The van der Waals surface area contributed by atoms with Gasteiger partial charge in [-0.05, 0) is 49.2 Å². The van der Waals surface area contributed by atoms with Crippen LogP contribution in [0.1, 0.15) is 31.4 Å². The second-order valence-corrected chi connectivity index (χ2v) is 11.0. The minimum absolute atomic E-state index is 0.198. The summed E-state index contributed by atoms with van der Waals surface area (Å²) in [5, 5.41) is 2.74. The Morgan fingerprint density at radius 2 is 1.62 bits per heavy atom. The number of carbonyl (C=O) groups is 2. The molecule has 3 rings (SSSR count). The molecule has 0 aromatic heterocycles. The first-order chi connectivity index (χ1) is 18.6. The third-order valence-electron chi connectivity index (χ3n) is 6.07. The van der Waals surface area contributed by atoms with Crippen molar-refractivity contribution >= 4 is 27.5 Å². The second-order valence-electron chi connectivity index (χ2n) is 9.12. The highest BCUT2D eigenvalue weighted by Crippen LogP contribution is 2.23. The van der Waals surface area contributed by atoms with Gasteiger partial charge in [0.15, 0.2) is 0 Å². The number of nitrogens with zero attached hydrogens (tertiary/aromatic N) is 2. The van der Waals surface area contributed by atoms with E-state index in [0.29, 0.717) is 25.3 Å². The van der Waals surface area contributed by atoms with Crippen LogP contribution >= 0.6 is 0 Å². The Kier molecular flexibility index (Phi) is 10.4. The number of ether oxygens (including phenoxy) is 1. The molecule has 0 heterocycles. The maximum absolute atomic E-state index is 14.4. The van der Waals surface area contributed by atoms with Gasteiger partial charge in [-0.1, -0.05) is 55.5 Å². The molecule has 0 radical (unpaired) electrons. The van der Waals surface area contributed by atoms with Crippen LogP contribution in [0.5, 0.6) is 5.75 Å². The zero-order valence-electron chi connectivity index (χ0n) is 22.3. The molecule has 0 bridgehead atoms. The molecular weight excluding hydrogens is 521 g/mol. The smallest absolute Gasteiger partial charge is 0.244 e. The average molecular weight is 556 g/mol. The number of rotatable bonds is 13. The molecular formula is C29H34FN3O5S. The maximum atomic E-state index is 14.4. The number of nitrogens with one attached hydrogen (secondary N) is 1. The molecule has 0 aliphatic carbocycles. The van der Waals surface area contributed by atoms with Crippen molar-refractivity contribution in [3.8, 4) is 5.75 Å². The van der Waals surface area contributed by atoms with Crippen LogP contribution < -0.4 is 14.4 Å². The van der Waals surface area contributed by atoms with Gasteiger partial charge < -0.3 is 15.0 Å². The molecule has 8 nitrogen and oxygen atoms in total. The number of halogens is 1. The summed E-state index contributed by atoms with van der Waals surface area (Å²) in [4.78, 5) is 27.5. The van der Waals surface area contributed by atoms with Gasteiger partial charge in [-0.3, -0.25) is 13.9 Å². The fourth-order valence-corrected chi connectivity index (χ4v) is 4.70. The lowest BCUT2D eigenvalue weighted by atomic mass is 10.1. The molecule has 0 aliphatic rings.